The minimum Gasteiger partial charge on any atom is -0.388 e. The zero-order valence-electron chi connectivity index (χ0n) is 9.27. The van der Waals surface area contributed by atoms with Gasteiger partial charge in [-0.2, -0.15) is 5.10 Å². The summed E-state index contributed by atoms with van der Waals surface area (Å²) in [7, 11) is 1.81. The highest BCUT2D eigenvalue weighted by Gasteiger charge is 2.15. The standard InChI is InChI=1S/C12H12BrFN2O/c1-16-6-5-8(15-16)7-11(17)9-3-2-4-10(14)12(9)13/h2-6,11,17H,7H2,1H3. The summed E-state index contributed by atoms with van der Waals surface area (Å²) in [6.45, 7) is 0. The van der Waals surface area contributed by atoms with E-state index in [0.717, 1.165) is 5.69 Å². The average Bonchev–Trinajstić information content (AvgIpc) is 2.68. The number of benzene rings is 1. The van der Waals surface area contributed by atoms with Crippen molar-refractivity contribution in [1.82, 2.24) is 9.78 Å². The normalized spacial score (nSPS) is 12.7. The number of rotatable bonds is 3. The molecule has 0 aliphatic heterocycles. The average molecular weight is 299 g/mol. The van der Waals surface area contributed by atoms with Crippen LogP contribution in [-0.4, -0.2) is 14.9 Å². The van der Waals surface area contributed by atoms with Gasteiger partial charge in [0.25, 0.3) is 0 Å². The van der Waals surface area contributed by atoms with Crippen LogP contribution in [0, 0.1) is 5.82 Å². The Morgan fingerprint density at radius 1 is 1.47 bits per heavy atom. The van der Waals surface area contributed by atoms with Crippen LogP contribution in [0.25, 0.3) is 0 Å². The van der Waals surface area contributed by atoms with Crippen molar-refractivity contribution in [2.24, 2.45) is 7.05 Å². The van der Waals surface area contributed by atoms with Gasteiger partial charge in [0.05, 0.1) is 16.3 Å². The van der Waals surface area contributed by atoms with E-state index in [1.54, 1.807) is 16.8 Å². The molecule has 17 heavy (non-hydrogen) atoms. The molecule has 0 amide bonds. The first-order chi connectivity index (χ1) is 8.08. The van der Waals surface area contributed by atoms with E-state index in [4.69, 9.17) is 0 Å². The van der Waals surface area contributed by atoms with Crippen molar-refractivity contribution in [2.75, 3.05) is 0 Å². The lowest BCUT2D eigenvalue weighted by Crippen LogP contribution is -2.04. The lowest BCUT2D eigenvalue weighted by Gasteiger charge is -2.11. The first-order valence-electron chi connectivity index (χ1n) is 5.18. The third kappa shape index (κ3) is 2.73. The van der Waals surface area contributed by atoms with Gasteiger partial charge in [-0.1, -0.05) is 12.1 Å². The number of hydrogen-bond donors (Lipinski definition) is 1. The van der Waals surface area contributed by atoms with Crippen molar-refractivity contribution in [2.45, 2.75) is 12.5 Å². The predicted octanol–water partition coefficient (Wildman–Crippen LogP) is 2.60. The van der Waals surface area contributed by atoms with E-state index >= 15 is 0 Å². The Bertz CT molecular complexity index is 527. The maximum absolute atomic E-state index is 13.3. The second kappa shape index (κ2) is 4.98. The molecule has 2 aromatic rings. The summed E-state index contributed by atoms with van der Waals surface area (Å²) in [6.07, 6.45) is 1.40. The van der Waals surface area contributed by atoms with E-state index < -0.39 is 6.10 Å². The molecule has 0 fully saturated rings. The lowest BCUT2D eigenvalue weighted by atomic mass is 10.1. The highest BCUT2D eigenvalue weighted by Crippen LogP contribution is 2.27. The minimum absolute atomic E-state index is 0.309. The minimum atomic E-state index is -0.769. The molecule has 1 atom stereocenters. The summed E-state index contributed by atoms with van der Waals surface area (Å²) < 4.78 is 15.3. The SMILES string of the molecule is Cn1ccc(CC(O)c2cccc(F)c2Br)n1. The largest absolute Gasteiger partial charge is 0.388 e. The summed E-state index contributed by atoms with van der Waals surface area (Å²) in [5.41, 5.74) is 1.31. The van der Waals surface area contributed by atoms with Crippen molar-refractivity contribution >= 4 is 15.9 Å². The van der Waals surface area contributed by atoms with Crippen LogP contribution in [0.2, 0.25) is 0 Å². The summed E-state index contributed by atoms with van der Waals surface area (Å²) in [4.78, 5) is 0. The number of aryl methyl sites for hydroxylation is 1. The molecule has 1 unspecified atom stereocenters. The van der Waals surface area contributed by atoms with E-state index in [1.165, 1.54) is 6.07 Å². The van der Waals surface area contributed by atoms with Gasteiger partial charge in [0.15, 0.2) is 0 Å². The van der Waals surface area contributed by atoms with Crippen LogP contribution in [-0.2, 0) is 13.5 Å². The summed E-state index contributed by atoms with van der Waals surface area (Å²) in [5.74, 6) is -0.373. The zero-order valence-corrected chi connectivity index (χ0v) is 10.9. The molecule has 0 saturated heterocycles. The van der Waals surface area contributed by atoms with Gasteiger partial charge in [0.2, 0.25) is 0 Å². The quantitative estimate of drug-likeness (QED) is 0.946. The summed E-state index contributed by atoms with van der Waals surface area (Å²) in [6, 6.07) is 6.45. The van der Waals surface area contributed by atoms with Crippen LogP contribution < -0.4 is 0 Å². The molecule has 0 radical (unpaired) electrons. The Balaban J connectivity index is 2.20. The second-order valence-electron chi connectivity index (χ2n) is 3.84. The maximum Gasteiger partial charge on any atom is 0.137 e. The fraction of sp³-hybridized carbons (Fsp3) is 0.250. The van der Waals surface area contributed by atoms with Crippen molar-refractivity contribution in [3.05, 3.63) is 52.0 Å². The topological polar surface area (TPSA) is 38.0 Å². The van der Waals surface area contributed by atoms with Crippen LogP contribution in [0.15, 0.2) is 34.9 Å². The van der Waals surface area contributed by atoms with Crippen LogP contribution >= 0.6 is 15.9 Å². The number of aromatic nitrogens is 2. The van der Waals surface area contributed by atoms with E-state index in [-0.39, 0.29) is 5.82 Å². The zero-order chi connectivity index (χ0) is 12.4. The van der Waals surface area contributed by atoms with Gasteiger partial charge >= 0.3 is 0 Å². The van der Waals surface area contributed by atoms with Crippen LogP contribution in [0.1, 0.15) is 17.4 Å². The maximum atomic E-state index is 13.3. The third-order valence-electron chi connectivity index (χ3n) is 2.51. The first kappa shape index (κ1) is 12.3. The summed E-state index contributed by atoms with van der Waals surface area (Å²) in [5, 5.41) is 14.2. The van der Waals surface area contributed by atoms with E-state index in [0.29, 0.717) is 16.5 Å². The van der Waals surface area contributed by atoms with Crippen LogP contribution in [0.3, 0.4) is 0 Å². The molecule has 0 bridgehead atoms. The number of aliphatic hydroxyl groups is 1. The number of nitrogens with zero attached hydrogens (tertiary/aromatic N) is 2. The second-order valence-corrected chi connectivity index (χ2v) is 4.64. The smallest absolute Gasteiger partial charge is 0.137 e. The van der Waals surface area contributed by atoms with Crippen molar-refractivity contribution in [1.29, 1.82) is 0 Å². The van der Waals surface area contributed by atoms with E-state index in [2.05, 4.69) is 21.0 Å². The van der Waals surface area contributed by atoms with Crippen LogP contribution in [0.4, 0.5) is 4.39 Å². The molecule has 2 rings (SSSR count). The number of aliphatic hydroxyl groups excluding tert-OH is 1. The first-order valence-corrected chi connectivity index (χ1v) is 5.97. The van der Waals surface area contributed by atoms with E-state index in [1.807, 2.05) is 19.3 Å². The molecule has 90 valence electrons. The lowest BCUT2D eigenvalue weighted by molar-refractivity contribution is 0.175. The molecule has 0 spiro atoms. The Kier molecular flexibility index (Phi) is 3.59. The molecule has 0 saturated carbocycles. The van der Waals surface area contributed by atoms with Crippen molar-refractivity contribution in [3.8, 4) is 0 Å². The molecule has 3 nitrogen and oxygen atoms in total. The Morgan fingerprint density at radius 2 is 2.24 bits per heavy atom. The third-order valence-corrected chi connectivity index (χ3v) is 3.35. The highest BCUT2D eigenvalue weighted by molar-refractivity contribution is 9.10. The molecule has 1 aromatic heterocycles. The molecular weight excluding hydrogens is 287 g/mol. The van der Waals surface area contributed by atoms with Crippen LogP contribution in [0.5, 0.6) is 0 Å². The number of halogens is 2. The fourth-order valence-corrected chi connectivity index (χ4v) is 2.19. The Morgan fingerprint density at radius 3 is 2.88 bits per heavy atom. The van der Waals surface area contributed by atoms with Crippen molar-refractivity contribution < 1.29 is 9.50 Å². The van der Waals surface area contributed by atoms with Gasteiger partial charge in [-0.05, 0) is 33.6 Å². The molecule has 5 heteroatoms. The monoisotopic (exact) mass is 298 g/mol. The summed E-state index contributed by atoms with van der Waals surface area (Å²) >= 11 is 3.14. The molecular formula is C12H12BrFN2O. The van der Waals surface area contributed by atoms with Gasteiger partial charge in [-0.25, -0.2) is 4.39 Å². The molecule has 1 heterocycles. The Labute approximate surface area is 107 Å². The molecule has 0 aliphatic rings. The molecule has 1 N–H and O–H groups in total. The highest BCUT2D eigenvalue weighted by atomic mass is 79.9. The van der Waals surface area contributed by atoms with Gasteiger partial charge in [-0.3, -0.25) is 4.68 Å². The van der Waals surface area contributed by atoms with Gasteiger partial charge in [-0.15, -0.1) is 0 Å². The van der Waals surface area contributed by atoms with Gasteiger partial charge in [0.1, 0.15) is 5.82 Å². The van der Waals surface area contributed by atoms with Gasteiger partial charge < -0.3 is 5.11 Å². The fourth-order valence-electron chi connectivity index (χ4n) is 1.66. The van der Waals surface area contributed by atoms with E-state index in [9.17, 15) is 9.50 Å². The Hall–Kier alpha value is -1.20. The van der Waals surface area contributed by atoms with Crippen molar-refractivity contribution in [3.63, 3.8) is 0 Å². The number of hydrogen-bond acceptors (Lipinski definition) is 2. The van der Waals surface area contributed by atoms with Gasteiger partial charge in [0, 0.05) is 19.7 Å². The molecule has 0 aliphatic carbocycles. The molecule has 1 aromatic carbocycles. The predicted molar refractivity (Wildman–Crippen MR) is 66.0 cm³/mol.